The van der Waals surface area contributed by atoms with Crippen LogP contribution in [0.25, 0.3) is 0 Å². The van der Waals surface area contributed by atoms with Crippen LogP contribution in [0.5, 0.6) is 5.75 Å². The van der Waals surface area contributed by atoms with Crippen LogP contribution in [0.2, 0.25) is 0 Å². The molecule has 2 aromatic rings. The summed E-state index contributed by atoms with van der Waals surface area (Å²) in [6.45, 7) is 4.74. The molecule has 2 N–H and O–H groups in total. The first-order valence-electron chi connectivity index (χ1n) is 7.34. The highest BCUT2D eigenvalue weighted by molar-refractivity contribution is 5.92. The van der Waals surface area contributed by atoms with Crippen molar-refractivity contribution in [3.05, 3.63) is 42.0 Å². The molecule has 2 aromatic heterocycles. The van der Waals surface area contributed by atoms with Crippen molar-refractivity contribution in [2.75, 3.05) is 13.1 Å². The van der Waals surface area contributed by atoms with Gasteiger partial charge in [0.2, 0.25) is 0 Å². The Kier molecular flexibility index (Phi) is 4.34. The van der Waals surface area contributed by atoms with Gasteiger partial charge in [0.1, 0.15) is 17.5 Å². The first kappa shape index (κ1) is 14.5. The van der Waals surface area contributed by atoms with Gasteiger partial charge in [-0.15, -0.1) is 0 Å². The summed E-state index contributed by atoms with van der Waals surface area (Å²) < 4.78 is 7.55. The van der Waals surface area contributed by atoms with Crippen molar-refractivity contribution in [1.82, 2.24) is 25.4 Å². The predicted octanol–water partition coefficient (Wildman–Crippen LogP) is 0.579. The van der Waals surface area contributed by atoms with Gasteiger partial charge in [-0.1, -0.05) is 0 Å². The number of hydrogen-bond donors (Lipinski definition) is 2. The van der Waals surface area contributed by atoms with Crippen molar-refractivity contribution in [2.45, 2.75) is 26.1 Å². The Morgan fingerprint density at radius 1 is 1.59 bits per heavy atom. The topological polar surface area (TPSA) is 81.1 Å². The highest BCUT2D eigenvalue weighted by Crippen LogP contribution is 2.09. The Hall–Kier alpha value is -2.41. The average molecular weight is 301 g/mol. The number of fused-ring (bicyclic) bond motifs is 1. The minimum atomic E-state index is -0.177. The molecule has 1 aliphatic heterocycles. The largest absolute Gasteiger partial charge is 0.487 e. The molecule has 0 spiro atoms. The van der Waals surface area contributed by atoms with E-state index in [1.54, 1.807) is 12.4 Å². The number of nitrogens with one attached hydrogen (secondary N) is 2. The molecular weight excluding hydrogens is 282 g/mol. The van der Waals surface area contributed by atoms with Crippen LogP contribution in [-0.4, -0.2) is 39.9 Å². The number of carbonyl (C=O) groups excluding carboxylic acids is 1. The van der Waals surface area contributed by atoms with E-state index >= 15 is 0 Å². The fraction of sp³-hybridized carbons (Fsp3) is 0.400. The monoisotopic (exact) mass is 301 g/mol. The summed E-state index contributed by atoms with van der Waals surface area (Å²) in [4.78, 5) is 16.1. The fourth-order valence-electron chi connectivity index (χ4n) is 2.32. The van der Waals surface area contributed by atoms with Crippen LogP contribution >= 0.6 is 0 Å². The summed E-state index contributed by atoms with van der Waals surface area (Å²) in [5.41, 5.74) is 1.49. The van der Waals surface area contributed by atoms with Crippen LogP contribution in [0.1, 0.15) is 23.1 Å². The van der Waals surface area contributed by atoms with Crippen LogP contribution in [0.15, 0.2) is 30.6 Å². The molecule has 1 amide bonds. The maximum atomic E-state index is 12.1. The smallest absolute Gasteiger partial charge is 0.271 e. The van der Waals surface area contributed by atoms with Crippen molar-refractivity contribution in [3.8, 4) is 5.75 Å². The van der Waals surface area contributed by atoms with E-state index in [1.165, 1.54) is 0 Å². The molecule has 7 heteroatoms. The number of amides is 1. The van der Waals surface area contributed by atoms with E-state index in [0.29, 0.717) is 18.0 Å². The van der Waals surface area contributed by atoms with Gasteiger partial charge in [-0.2, -0.15) is 5.10 Å². The second-order valence-electron chi connectivity index (χ2n) is 5.25. The number of carbonyl (C=O) groups is 1. The zero-order chi connectivity index (χ0) is 15.4. The highest BCUT2D eigenvalue weighted by atomic mass is 16.5. The summed E-state index contributed by atoms with van der Waals surface area (Å²) in [6.07, 6.45) is 3.19. The van der Waals surface area contributed by atoms with Crippen molar-refractivity contribution in [3.63, 3.8) is 0 Å². The van der Waals surface area contributed by atoms with Crippen LogP contribution in [0.4, 0.5) is 0 Å². The summed E-state index contributed by atoms with van der Waals surface area (Å²) in [7, 11) is 0. The summed E-state index contributed by atoms with van der Waals surface area (Å²) in [5.74, 6) is 0.510. The lowest BCUT2D eigenvalue weighted by Crippen LogP contribution is -2.34. The minimum absolute atomic E-state index is 0.146. The van der Waals surface area contributed by atoms with Crippen molar-refractivity contribution in [2.24, 2.45) is 0 Å². The van der Waals surface area contributed by atoms with Gasteiger partial charge < -0.3 is 15.4 Å². The van der Waals surface area contributed by atoms with Gasteiger partial charge in [0.25, 0.3) is 5.91 Å². The molecule has 0 saturated heterocycles. The van der Waals surface area contributed by atoms with Crippen molar-refractivity contribution >= 4 is 5.91 Å². The summed E-state index contributed by atoms with van der Waals surface area (Å²) >= 11 is 0. The third-order valence-corrected chi connectivity index (χ3v) is 3.42. The lowest BCUT2D eigenvalue weighted by atomic mass is 10.3. The first-order valence-corrected chi connectivity index (χ1v) is 7.34. The molecule has 3 rings (SSSR count). The zero-order valence-electron chi connectivity index (χ0n) is 12.5. The van der Waals surface area contributed by atoms with Gasteiger partial charge in [0.15, 0.2) is 0 Å². The van der Waals surface area contributed by atoms with Gasteiger partial charge in [-0.3, -0.25) is 14.5 Å². The lowest BCUT2D eigenvalue weighted by molar-refractivity contribution is 0.0926. The molecule has 1 atom stereocenters. The molecule has 0 aliphatic carbocycles. The molecule has 0 aromatic carbocycles. The maximum absolute atomic E-state index is 12.1. The quantitative estimate of drug-likeness (QED) is 0.844. The SMILES string of the molecule is CC(CNC(=O)c1cc2n(n1)CCNC2)Oc1cccnc1. The van der Waals surface area contributed by atoms with Gasteiger partial charge >= 0.3 is 0 Å². The Morgan fingerprint density at radius 3 is 3.27 bits per heavy atom. The molecule has 22 heavy (non-hydrogen) atoms. The van der Waals surface area contributed by atoms with Gasteiger partial charge in [0.05, 0.1) is 25.0 Å². The predicted molar refractivity (Wildman–Crippen MR) is 80.6 cm³/mol. The lowest BCUT2D eigenvalue weighted by Gasteiger charge is -2.14. The molecular formula is C15H19N5O2. The Labute approximate surface area is 128 Å². The molecule has 3 heterocycles. The third-order valence-electron chi connectivity index (χ3n) is 3.42. The van der Waals surface area contributed by atoms with Gasteiger partial charge in [-0.25, -0.2) is 0 Å². The maximum Gasteiger partial charge on any atom is 0.271 e. The van der Waals surface area contributed by atoms with Crippen LogP contribution < -0.4 is 15.4 Å². The van der Waals surface area contributed by atoms with Crippen LogP contribution in [0.3, 0.4) is 0 Å². The van der Waals surface area contributed by atoms with Gasteiger partial charge in [-0.05, 0) is 25.1 Å². The van der Waals surface area contributed by atoms with E-state index in [0.717, 1.165) is 25.3 Å². The second-order valence-corrected chi connectivity index (χ2v) is 5.25. The van der Waals surface area contributed by atoms with E-state index in [9.17, 15) is 4.79 Å². The second kappa shape index (κ2) is 6.57. The number of aromatic nitrogens is 3. The molecule has 0 bridgehead atoms. The molecule has 116 valence electrons. The van der Waals surface area contributed by atoms with Gasteiger partial charge in [0, 0.05) is 19.3 Å². The van der Waals surface area contributed by atoms with Crippen LogP contribution in [0, 0.1) is 0 Å². The summed E-state index contributed by atoms with van der Waals surface area (Å²) in [5, 5.41) is 10.4. The first-order chi connectivity index (χ1) is 10.7. The van der Waals surface area contributed by atoms with E-state index in [-0.39, 0.29) is 12.0 Å². The van der Waals surface area contributed by atoms with Crippen LogP contribution in [-0.2, 0) is 13.1 Å². The number of ether oxygens (including phenoxy) is 1. The Bertz CT molecular complexity index is 617. The molecule has 1 unspecified atom stereocenters. The molecule has 0 saturated carbocycles. The third kappa shape index (κ3) is 3.43. The number of hydrogen-bond acceptors (Lipinski definition) is 5. The fourth-order valence-corrected chi connectivity index (χ4v) is 2.32. The average Bonchev–Trinajstić information content (AvgIpc) is 2.98. The Morgan fingerprint density at radius 2 is 2.50 bits per heavy atom. The number of rotatable bonds is 5. The van der Waals surface area contributed by atoms with Crippen molar-refractivity contribution < 1.29 is 9.53 Å². The standard InChI is InChI=1S/C15H19N5O2/c1-11(22-13-3-2-4-16-10-13)8-18-15(21)14-7-12-9-17-5-6-20(12)19-14/h2-4,7,10-11,17H,5-6,8-9H2,1H3,(H,18,21). The van der Waals surface area contributed by atoms with E-state index in [4.69, 9.17) is 4.74 Å². The van der Waals surface area contributed by atoms with E-state index < -0.39 is 0 Å². The van der Waals surface area contributed by atoms with E-state index in [1.807, 2.05) is 29.8 Å². The molecule has 7 nitrogen and oxygen atoms in total. The molecule has 0 fully saturated rings. The highest BCUT2D eigenvalue weighted by Gasteiger charge is 2.17. The molecule has 0 radical (unpaired) electrons. The molecule has 1 aliphatic rings. The minimum Gasteiger partial charge on any atom is -0.487 e. The van der Waals surface area contributed by atoms with Crippen molar-refractivity contribution in [1.29, 1.82) is 0 Å². The Balaban J connectivity index is 1.52. The zero-order valence-corrected chi connectivity index (χ0v) is 12.5. The van der Waals surface area contributed by atoms with E-state index in [2.05, 4.69) is 20.7 Å². The summed E-state index contributed by atoms with van der Waals surface area (Å²) in [6, 6.07) is 5.47. The normalized spacial score (nSPS) is 15.0. The number of pyridine rings is 1. The number of nitrogens with zero attached hydrogens (tertiary/aromatic N) is 3.